The highest BCUT2D eigenvalue weighted by Crippen LogP contribution is 2.24. The lowest BCUT2D eigenvalue weighted by Gasteiger charge is -2.15. The first-order chi connectivity index (χ1) is 14.8. The molecule has 2 amide bonds. The summed E-state index contributed by atoms with van der Waals surface area (Å²) in [5.74, 6) is -1.42. The number of β-amino-alcohol motifs (C(OH)–C–C–N with tert-alkyl or cyclic N) is 1. The minimum atomic E-state index is -0.637. The number of aliphatic hydroxyl groups excluding tert-OH is 1. The van der Waals surface area contributed by atoms with E-state index >= 15 is 0 Å². The van der Waals surface area contributed by atoms with Gasteiger partial charge in [0, 0.05) is 28.5 Å². The third kappa shape index (κ3) is 5.04. The third-order valence-electron chi connectivity index (χ3n) is 4.80. The molecule has 0 atom stereocenters. The number of nitrogens with one attached hydrogen (secondary N) is 2. The first-order valence-corrected chi connectivity index (χ1v) is 9.88. The van der Waals surface area contributed by atoms with Gasteiger partial charge in [-0.1, -0.05) is 23.7 Å². The maximum Gasteiger partial charge on any atom is 0.337 e. The van der Waals surface area contributed by atoms with Crippen molar-refractivity contribution in [2.45, 2.75) is 6.92 Å². The Labute approximate surface area is 184 Å². The normalized spacial score (nSPS) is 13.4. The van der Waals surface area contributed by atoms with Crippen molar-refractivity contribution in [2.24, 2.45) is 0 Å². The number of amides is 2. The van der Waals surface area contributed by atoms with Crippen molar-refractivity contribution in [1.82, 2.24) is 4.90 Å². The van der Waals surface area contributed by atoms with Gasteiger partial charge in [-0.05, 0) is 42.8 Å². The number of carbonyl (C=O) groups is 3. The van der Waals surface area contributed by atoms with Crippen LogP contribution < -0.4 is 10.6 Å². The fraction of sp³-hybridized carbons (Fsp3) is 0.227. The number of halogens is 1. The maximum atomic E-state index is 12.7. The third-order valence-corrected chi connectivity index (χ3v) is 5.03. The van der Waals surface area contributed by atoms with Crippen LogP contribution in [-0.4, -0.2) is 54.6 Å². The molecule has 0 aromatic heterocycles. The van der Waals surface area contributed by atoms with Gasteiger partial charge in [0.05, 0.1) is 25.8 Å². The van der Waals surface area contributed by atoms with E-state index in [0.29, 0.717) is 22.0 Å². The summed E-state index contributed by atoms with van der Waals surface area (Å²) in [6, 6.07) is 11.7. The number of methoxy groups -OCH3 is 1. The first-order valence-electron chi connectivity index (χ1n) is 9.50. The number of nitrogens with zero attached hydrogens (tertiary/aromatic N) is 1. The van der Waals surface area contributed by atoms with Crippen LogP contribution >= 0.6 is 11.6 Å². The number of anilines is 2. The molecule has 1 aliphatic rings. The van der Waals surface area contributed by atoms with Crippen molar-refractivity contribution in [1.29, 1.82) is 0 Å². The van der Waals surface area contributed by atoms with Crippen LogP contribution in [-0.2, 0) is 14.3 Å². The molecule has 0 fully saturated rings. The Balaban J connectivity index is 1.83. The maximum absolute atomic E-state index is 12.7. The predicted molar refractivity (Wildman–Crippen MR) is 117 cm³/mol. The van der Waals surface area contributed by atoms with Gasteiger partial charge in [-0.3, -0.25) is 9.59 Å². The Hall–Kier alpha value is -3.36. The molecule has 0 spiro atoms. The Morgan fingerprint density at radius 1 is 1.23 bits per heavy atom. The van der Waals surface area contributed by atoms with Gasteiger partial charge in [-0.25, -0.2) is 4.79 Å². The van der Waals surface area contributed by atoms with Gasteiger partial charge in [-0.15, -0.1) is 0 Å². The summed E-state index contributed by atoms with van der Waals surface area (Å²) in [4.78, 5) is 38.8. The average Bonchev–Trinajstić information content (AvgIpc) is 3.06. The number of hydrogen-bond donors (Lipinski definition) is 3. The predicted octanol–water partition coefficient (Wildman–Crippen LogP) is 2.57. The largest absolute Gasteiger partial charge is 0.466 e. The van der Waals surface area contributed by atoms with Gasteiger partial charge in [-0.2, -0.15) is 0 Å². The molecular formula is C22H22ClN3O5. The van der Waals surface area contributed by atoms with E-state index in [2.05, 4.69) is 10.6 Å². The lowest BCUT2D eigenvalue weighted by atomic mass is 10.1. The lowest BCUT2D eigenvalue weighted by molar-refractivity contribution is -0.136. The second kappa shape index (κ2) is 9.63. The summed E-state index contributed by atoms with van der Waals surface area (Å²) in [6.07, 6.45) is 0. The van der Waals surface area contributed by atoms with Crippen molar-refractivity contribution >= 4 is 40.8 Å². The zero-order valence-corrected chi connectivity index (χ0v) is 17.8. The topological polar surface area (TPSA) is 108 Å². The van der Waals surface area contributed by atoms with Gasteiger partial charge in [0.25, 0.3) is 11.8 Å². The molecule has 1 heterocycles. The molecule has 162 valence electrons. The molecule has 2 aromatic carbocycles. The molecule has 31 heavy (non-hydrogen) atoms. The quantitative estimate of drug-likeness (QED) is 0.568. The van der Waals surface area contributed by atoms with Crippen LogP contribution in [0.15, 0.2) is 53.7 Å². The molecule has 0 saturated heterocycles. The molecule has 0 radical (unpaired) electrons. The van der Waals surface area contributed by atoms with Crippen LogP contribution in [0.3, 0.4) is 0 Å². The summed E-state index contributed by atoms with van der Waals surface area (Å²) in [5.41, 5.74) is 2.47. The molecular weight excluding hydrogens is 422 g/mol. The van der Waals surface area contributed by atoms with Crippen molar-refractivity contribution in [3.63, 3.8) is 0 Å². The van der Waals surface area contributed by atoms with Crippen molar-refractivity contribution in [2.75, 3.05) is 37.4 Å². The number of aryl methyl sites for hydroxylation is 1. The van der Waals surface area contributed by atoms with E-state index in [9.17, 15) is 14.4 Å². The van der Waals surface area contributed by atoms with E-state index in [1.54, 1.807) is 42.5 Å². The summed E-state index contributed by atoms with van der Waals surface area (Å²) in [6.45, 7) is 1.75. The Kier molecular flexibility index (Phi) is 6.94. The van der Waals surface area contributed by atoms with Crippen molar-refractivity contribution < 1.29 is 24.2 Å². The van der Waals surface area contributed by atoms with Crippen molar-refractivity contribution in [3.8, 4) is 0 Å². The zero-order valence-electron chi connectivity index (χ0n) is 17.1. The second-order valence-corrected chi connectivity index (χ2v) is 7.35. The average molecular weight is 444 g/mol. The molecule has 3 rings (SSSR count). The Morgan fingerprint density at radius 3 is 2.71 bits per heavy atom. The standard InChI is InChI=1S/C22H22ClN3O5/c1-13-6-7-15(23)11-18(13)25-20(28)14-4-3-5-16(10-14)24-19-17(22(30)31-2)12-26(8-9-27)21(19)29/h3-7,10-11,24,27H,8-9,12H2,1-2H3,(H,25,28). The molecule has 9 heteroatoms. The highest BCUT2D eigenvalue weighted by atomic mass is 35.5. The number of benzene rings is 2. The van der Waals surface area contributed by atoms with Crippen LogP contribution in [0.5, 0.6) is 0 Å². The highest BCUT2D eigenvalue weighted by molar-refractivity contribution is 6.31. The summed E-state index contributed by atoms with van der Waals surface area (Å²) in [7, 11) is 1.23. The lowest BCUT2D eigenvalue weighted by Crippen LogP contribution is -2.31. The number of hydrogen-bond acceptors (Lipinski definition) is 6. The van der Waals surface area contributed by atoms with Crippen LogP contribution in [0, 0.1) is 6.92 Å². The van der Waals surface area contributed by atoms with Gasteiger partial charge in [0.1, 0.15) is 5.70 Å². The molecule has 0 aliphatic carbocycles. The van der Waals surface area contributed by atoms with Crippen LogP contribution in [0.25, 0.3) is 0 Å². The summed E-state index contributed by atoms with van der Waals surface area (Å²) in [5, 5.41) is 15.4. The molecule has 0 saturated carbocycles. The molecule has 1 aliphatic heterocycles. The molecule has 3 N–H and O–H groups in total. The second-order valence-electron chi connectivity index (χ2n) is 6.91. The SMILES string of the molecule is COC(=O)C1=C(Nc2cccc(C(=O)Nc3cc(Cl)ccc3C)c2)C(=O)N(CCO)C1. The molecule has 8 nitrogen and oxygen atoms in total. The highest BCUT2D eigenvalue weighted by Gasteiger charge is 2.34. The van der Waals surface area contributed by atoms with E-state index < -0.39 is 11.9 Å². The smallest absolute Gasteiger partial charge is 0.337 e. The van der Waals surface area contributed by atoms with Crippen molar-refractivity contribution in [3.05, 3.63) is 69.9 Å². The number of rotatable bonds is 7. The van der Waals surface area contributed by atoms with Crippen LogP contribution in [0.2, 0.25) is 5.02 Å². The first kappa shape index (κ1) is 22.3. The van der Waals surface area contributed by atoms with Gasteiger partial charge in [0.15, 0.2) is 0 Å². The minimum Gasteiger partial charge on any atom is -0.466 e. The monoisotopic (exact) mass is 443 g/mol. The molecule has 2 aromatic rings. The fourth-order valence-electron chi connectivity index (χ4n) is 3.15. The Morgan fingerprint density at radius 2 is 2.00 bits per heavy atom. The van der Waals surface area contributed by atoms with E-state index in [-0.39, 0.29) is 36.9 Å². The zero-order chi connectivity index (χ0) is 22.5. The van der Waals surface area contributed by atoms with Gasteiger partial charge >= 0.3 is 5.97 Å². The fourth-order valence-corrected chi connectivity index (χ4v) is 3.33. The molecule has 0 bridgehead atoms. The van der Waals surface area contributed by atoms with E-state index in [1.807, 2.05) is 6.92 Å². The number of carbonyl (C=O) groups excluding carboxylic acids is 3. The van der Waals surface area contributed by atoms with Crippen LogP contribution in [0.1, 0.15) is 15.9 Å². The minimum absolute atomic E-state index is 0.0304. The summed E-state index contributed by atoms with van der Waals surface area (Å²) < 4.78 is 4.77. The van der Waals surface area contributed by atoms with E-state index in [4.69, 9.17) is 21.4 Å². The summed E-state index contributed by atoms with van der Waals surface area (Å²) >= 11 is 6.01. The van der Waals surface area contributed by atoms with E-state index in [1.165, 1.54) is 12.0 Å². The number of ether oxygens (including phenoxy) is 1. The van der Waals surface area contributed by atoms with Gasteiger partial charge in [0.2, 0.25) is 0 Å². The van der Waals surface area contributed by atoms with Crippen LogP contribution in [0.4, 0.5) is 11.4 Å². The number of aliphatic hydroxyl groups is 1. The van der Waals surface area contributed by atoms with Gasteiger partial charge < -0.3 is 25.4 Å². The Bertz CT molecular complexity index is 1070. The van der Waals surface area contributed by atoms with E-state index in [0.717, 1.165) is 5.56 Å². The number of esters is 1. The molecule has 0 unspecified atom stereocenters.